The van der Waals surface area contributed by atoms with Crippen LogP contribution in [0, 0.1) is 5.92 Å². The lowest BCUT2D eigenvalue weighted by Gasteiger charge is -2.19. The monoisotopic (exact) mass is 335 g/mol. The molecule has 2 heterocycles. The van der Waals surface area contributed by atoms with Gasteiger partial charge in [0.25, 0.3) is 0 Å². The Labute approximate surface area is 141 Å². The van der Waals surface area contributed by atoms with E-state index in [0.717, 1.165) is 6.42 Å². The summed E-state index contributed by atoms with van der Waals surface area (Å²) in [5.41, 5.74) is 0. The van der Waals surface area contributed by atoms with Gasteiger partial charge in [0.1, 0.15) is 0 Å². The van der Waals surface area contributed by atoms with Gasteiger partial charge in [0.2, 0.25) is 11.8 Å². The summed E-state index contributed by atoms with van der Waals surface area (Å²) < 4.78 is 5.18. The summed E-state index contributed by atoms with van der Waals surface area (Å²) in [4.78, 5) is 17.8. The molecular formula is C17H25N3O2S. The molecule has 0 saturated heterocycles. The smallest absolute Gasteiger partial charge is 0.227 e. The summed E-state index contributed by atoms with van der Waals surface area (Å²) in [6, 6.07) is 4.17. The molecule has 0 aliphatic heterocycles. The molecule has 1 amide bonds. The molecule has 126 valence electrons. The minimum Gasteiger partial charge on any atom is -0.348 e. The first-order chi connectivity index (χ1) is 11.0. The van der Waals surface area contributed by atoms with Crippen LogP contribution in [0.1, 0.15) is 69.1 Å². The summed E-state index contributed by atoms with van der Waals surface area (Å²) in [5, 5.41) is 9.09. The van der Waals surface area contributed by atoms with E-state index in [9.17, 15) is 4.79 Å². The lowest BCUT2D eigenvalue weighted by Crippen LogP contribution is -2.29. The van der Waals surface area contributed by atoms with Gasteiger partial charge in [-0.25, -0.2) is 0 Å². The van der Waals surface area contributed by atoms with Gasteiger partial charge in [-0.05, 0) is 23.8 Å². The van der Waals surface area contributed by atoms with Crippen LogP contribution in [0.15, 0.2) is 22.0 Å². The minimum atomic E-state index is 0.0216. The molecule has 2 aromatic heterocycles. The Bertz CT molecular complexity index is 605. The molecule has 0 radical (unpaired) electrons. The normalized spacial score (nSPS) is 12.8. The second kappa shape index (κ2) is 8.24. The molecule has 23 heavy (non-hydrogen) atoms. The maximum absolute atomic E-state index is 12.2. The van der Waals surface area contributed by atoms with Crippen molar-refractivity contribution in [1.82, 2.24) is 15.5 Å². The van der Waals surface area contributed by atoms with Gasteiger partial charge in [0.15, 0.2) is 5.82 Å². The van der Waals surface area contributed by atoms with Crippen molar-refractivity contribution in [2.75, 3.05) is 0 Å². The van der Waals surface area contributed by atoms with Crippen LogP contribution in [-0.2, 0) is 11.2 Å². The first kappa shape index (κ1) is 17.7. The molecule has 0 aliphatic carbocycles. The van der Waals surface area contributed by atoms with Gasteiger partial charge in [0, 0.05) is 23.6 Å². The summed E-state index contributed by atoms with van der Waals surface area (Å²) in [7, 11) is 0. The molecule has 5 nitrogen and oxygen atoms in total. The number of hydrogen-bond donors (Lipinski definition) is 1. The number of carbonyl (C=O) groups is 1. The number of aromatic nitrogens is 2. The van der Waals surface area contributed by atoms with Crippen LogP contribution in [0.25, 0.3) is 0 Å². The average molecular weight is 335 g/mol. The van der Waals surface area contributed by atoms with Gasteiger partial charge in [0.05, 0.1) is 6.04 Å². The molecule has 0 bridgehead atoms. The van der Waals surface area contributed by atoms with E-state index in [1.165, 1.54) is 4.88 Å². The first-order valence-corrected chi connectivity index (χ1v) is 8.99. The highest BCUT2D eigenvalue weighted by atomic mass is 32.1. The molecule has 0 aromatic carbocycles. The molecule has 0 spiro atoms. The van der Waals surface area contributed by atoms with Crippen LogP contribution >= 0.6 is 11.3 Å². The van der Waals surface area contributed by atoms with Gasteiger partial charge >= 0.3 is 0 Å². The van der Waals surface area contributed by atoms with Crippen molar-refractivity contribution in [1.29, 1.82) is 0 Å². The van der Waals surface area contributed by atoms with Gasteiger partial charge in [-0.15, -0.1) is 11.3 Å². The number of amides is 1. The van der Waals surface area contributed by atoms with E-state index < -0.39 is 0 Å². The van der Waals surface area contributed by atoms with Crippen LogP contribution in [-0.4, -0.2) is 16.0 Å². The summed E-state index contributed by atoms with van der Waals surface area (Å²) in [6.07, 6.45) is 1.77. The fourth-order valence-electron chi connectivity index (χ4n) is 2.30. The maximum atomic E-state index is 12.2. The Hall–Kier alpha value is -1.69. The number of thiophene rings is 1. The second-order valence-electron chi connectivity index (χ2n) is 6.47. The van der Waals surface area contributed by atoms with E-state index >= 15 is 0 Å². The fourth-order valence-corrected chi connectivity index (χ4v) is 3.09. The molecule has 0 fully saturated rings. The van der Waals surface area contributed by atoms with Crippen molar-refractivity contribution < 1.29 is 9.32 Å². The predicted octanol–water partition coefficient (Wildman–Crippen LogP) is 4.09. The number of aryl methyl sites for hydroxylation is 1. The van der Waals surface area contributed by atoms with Crippen LogP contribution in [0.5, 0.6) is 0 Å². The Morgan fingerprint density at radius 1 is 1.35 bits per heavy atom. The zero-order valence-corrected chi connectivity index (χ0v) is 15.0. The molecular weight excluding hydrogens is 310 g/mol. The van der Waals surface area contributed by atoms with Gasteiger partial charge in [-0.3, -0.25) is 4.79 Å². The minimum absolute atomic E-state index is 0.0216. The topological polar surface area (TPSA) is 68.0 Å². The molecule has 0 saturated carbocycles. The summed E-state index contributed by atoms with van der Waals surface area (Å²) >= 11 is 1.68. The van der Waals surface area contributed by atoms with E-state index in [0.29, 0.717) is 30.5 Å². The Morgan fingerprint density at radius 3 is 2.70 bits per heavy atom. The lowest BCUT2D eigenvalue weighted by molar-refractivity contribution is -0.122. The molecule has 1 atom stereocenters. The van der Waals surface area contributed by atoms with E-state index in [2.05, 4.69) is 35.4 Å². The number of carbonyl (C=O) groups excluding carboxylic acids is 1. The molecule has 1 unspecified atom stereocenters. The Morgan fingerprint density at radius 2 is 2.13 bits per heavy atom. The standard InChI is InChI=1S/C17H25N3O2S/c1-11(2)10-13(14-6-5-9-23-14)18-15(21)7-8-16-19-17(12(3)4)20-22-16/h5-6,9,11-13H,7-8,10H2,1-4H3,(H,18,21). The van der Waals surface area contributed by atoms with Crippen molar-refractivity contribution in [3.8, 4) is 0 Å². The number of nitrogens with zero attached hydrogens (tertiary/aromatic N) is 2. The molecule has 2 aromatic rings. The highest BCUT2D eigenvalue weighted by Crippen LogP contribution is 2.25. The van der Waals surface area contributed by atoms with Crippen LogP contribution < -0.4 is 5.32 Å². The number of rotatable bonds is 8. The van der Waals surface area contributed by atoms with Crippen molar-refractivity contribution in [2.24, 2.45) is 5.92 Å². The van der Waals surface area contributed by atoms with Gasteiger partial charge in [-0.2, -0.15) is 4.98 Å². The first-order valence-electron chi connectivity index (χ1n) is 8.11. The largest absolute Gasteiger partial charge is 0.348 e. The van der Waals surface area contributed by atoms with Crippen molar-refractivity contribution in [3.63, 3.8) is 0 Å². The predicted molar refractivity (Wildman–Crippen MR) is 91.4 cm³/mol. The molecule has 6 heteroatoms. The lowest BCUT2D eigenvalue weighted by atomic mass is 10.0. The number of hydrogen-bond acceptors (Lipinski definition) is 5. The molecule has 1 N–H and O–H groups in total. The number of nitrogens with one attached hydrogen (secondary N) is 1. The zero-order chi connectivity index (χ0) is 16.8. The van der Waals surface area contributed by atoms with E-state index in [1.54, 1.807) is 11.3 Å². The fraction of sp³-hybridized carbons (Fsp3) is 0.588. The summed E-state index contributed by atoms with van der Waals surface area (Å²) in [5.74, 6) is 1.99. The zero-order valence-electron chi connectivity index (χ0n) is 14.2. The van der Waals surface area contributed by atoms with E-state index in [4.69, 9.17) is 4.52 Å². The van der Waals surface area contributed by atoms with Crippen molar-refractivity contribution >= 4 is 17.2 Å². The van der Waals surface area contributed by atoms with Gasteiger partial charge in [-0.1, -0.05) is 38.9 Å². The van der Waals surface area contributed by atoms with Crippen LogP contribution in [0.4, 0.5) is 0 Å². The maximum Gasteiger partial charge on any atom is 0.227 e. The van der Waals surface area contributed by atoms with Crippen LogP contribution in [0.2, 0.25) is 0 Å². The molecule has 0 aliphatic rings. The third-order valence-electron chi connectivity index (χ3n) is 3.50. The average Bonchev–Trinajstić information content (AvgIpc) is 3.15. The van der Waals surface area contributed by atoms with Crippen molar-refractivity contribution in [2.45, 2.75) is 58.9 Å². The third-order valence-corrected chi connectivity index (χ3v) is 4.48. The van der Waals surface area contributed by atoms with E-state index in [-0.39, 0.29) is 17.9 Å². The van der Waals surface area contributed by atoms with Gasteiger partial charge < -0.3 is 9.84 Å². The second-order valence-corrected chi connectivity index (χ2v) is 7.45. The molecule has 2 rings (SSSR count). The highest BCUT2D eigenvalue weighted by molar-refractivity contribution is 7.10. The quantitative estimate of drug-likeness (QED) is 0.789. The highest BCUT2D eigenvalue weighted by Gasteiger charge is 2.18. The SMILES string of the molecule is CC(C)CC(NC(=O)CCc1nc(C(C)C)no1)c1cccs1. The van der Waals surface area contributed by atoms with Crippen LogP contribution in [0.3, 0.4) is 0 Å². The Balaban J connectivity index is 1.88. The summed E-state index contributed by atoms with van der Waals surface area (Å²) in [6.45, 7) is 8.36. The van der Waals surface area contributed by atoms with Crippen molar-refractivity contribution in [3.05, 3.63) is 34.1 Å². The van der Waals surface area contributed by atoms with E-state index in [1.807, 2.05) is 25.3 Å². The third kappa shape index (κ3) is 5.46. The Kier molecular flexibility index (Phi) is 6.33.